The van der Waals surface area contributed by atoms with Gasteiger partial charge in [0.15, 0.2) is 15.6 Å². The topological polar surface area (TPSA) is 107 Å². The van der Waals surface area contributed by atoms with Gasteiger partial charge >= 0.3 is 0 Å². The Morgan fingerprint density at radius 1 is 1.03 bits per heavy atom. The second kappa shape index (κ2) is 10.3. The van der Waals surface area contributed by atoms with Crippen LogP contribution < -0.4 is 5.32 Å². The van der Waals surface area contributed by atoms with Crippen LogP contribution in [0.2, 0.25) is 0 Å². The summed E-state index contributed by atoms with van der Waals surface area (Å²) < 4.78 is 23.1. The van der Waals surface area contributed by atoms with E-state index in [-0.39, 0.29) is 35.6 Å². The number of carbonyl (C=O) groups excluding carboxylic acids is 2. The molecule has 0 aromatic heterocycles. The van der Waals surface area contributed by atoms with Gasteiger partial charge in [-0.2, -0.15) is 0 Å². The van der Waals surface area contributed by atoms with Crippen LogP contribution in [0.25, 0.3) is 0 Å². The summed E-state index contributed by atoms with van der Waals surface area (Å²) in [6.07, 6.45) is 4.42. The molecule has 180 valence electrons. The lowest BCUT2D eigenvalue weighted by molar-refractivity contribution is -0.127. The van der Waals surface area contributed by atoms with Crippen LogP contribution >= 0.6 is 0 Å². The van der Waals surface area contributed by atoms with E-state index in [4.69, 9.17) is 0 Å². The van der Waals surface area contributed by atoms with E-state index in [1.807, 2.05) is 6.07 Å². The first-order valence-electron chi connectivity index (χ1n) is 11.8. The quantitative estimate of drug-likeness (QED) is 0.621. The monoisotopic (exact) mass is 475 g/mol. The first kappa shape index (κ1) is 23.8. The number of carbonyl (C=O) groups is 2. The summed E-state index contributed by atoms with van der Waals surface area (Å²) in [6, 6.07) is 10.5. The fraction of sp³-hybridized carbons (Fsp3) is 0.583. The summed E-state index contributed by atoms with van der Waals surface area (Å²) >= 11 is 0. The Hall–Kier alpha value is -2.39. The van der Waals surface area contributed by atoms with Gasteiger partial charge in [-0.25, -0.2) is 8.42 Å². The maximum absolute atomic E-state index is 12.8. The highest BCUT2D eigenvalue weighted by molar-refractivity contribution is 7.91. The third kappa shape index (κ3) is 5.95. The van der Waals surface area contributed by atoms with Crippen LogP contribution in [-0.2, 0) is 19.4 Å². The summed E-state index contributed by atoms with van der Waals surface area (Å²) in [5.74, 6) is -0.447. The van der Waals surface area contributed by atoms with E-state index in [0.29, 0.717) is 38.5 Å². The van der Waals surface area contributed by atoms with Crippen LogP contribution in [0.3, 0.4) is 0 Å². The molecule has 1 saturated heterocycles. The fourth-order valence-electron chi connectivity index (χ4n) is 5.00. The van der Waals surface area contributed by atoms with Crippen molar-refractivity contribution in [3.8, 4) is 0 Å². The fourth-order valence-corrected chi connectivity index (χ4v) is 6.28. The molecule has 3 aliphatic rings. The van der Waals surface area contributed by atoms with Gasteiger partial charge in [-0.05, 0) is 50.1 Å². The second-order valence-corrected chi connectivity index (χ2v) is 11.6. The van der Waals surface area contributed by atoms with Gasteiger partial charge in [0, 0.05) is 25.7 Å². The van der Waals surface area contributed by atoms with Crippen molar-refractivity contribution < 1.29 is 23.1 Å². The minimum absolute atomic E-state index is 0.0531. The predicted octanol–water partition coefficient (Wildman–Crippen LogP) is 1.60. The number of hydrogen-bond acceptors (Lipinski definition) is 6. The Bertz CT molecular complexity index is 986. The molecule has 0 atom stereocenters. The van der Waals surface area contributed by atoms with Crippen LogP contribution in [0.1, 0.15) is 43.6 Å². The third-order valence-electron chi connectivity index (χ3n) is 7.07. The molecule has 2 heterocycles. The van der Waals surface area contributed by atoms with Gasteiger partial charge in [0.1, 0.15) is 0 Å². The van der Waals surface area contributed by atoms with Crippen LogP contribution in [0.15, 0.2) is 41.7 Å². The Morgan fingerprint density at radius 3 is 2.36 bits per heavy atom. The number of amides is 2. The summed E-state index contributed by atoms with van der Waals surface area (Å²) in [7, 11) is -2.91. The number of nitrogens with one attached hydrogen (secondary N) is 1. The SMILES string of the molecule is O=C(N[C@H]1CC[C@@H](c2ccccc2)CC1)C1=C(O)C(=O)N(CCCN2CCS(=O)(=O)CC2)C1. The highest BCUT2D eigenvalue weighted by Gasteiger charge is 2.35. The van der Waals surface area contributed by atoms with E-state index in [1.165, 1.54) is 10.5 Å². The molecule has 1 aromatic rings. The Balaban J connectivity index is 1.21. The first-order chi connectivity index (χ1) is 15.8. The van der Waals surface area contributed by atoms with Gasteiger partial charge < -0.3 is 20.2 Å². The predicted molar refractivity (Wildman–Crippen MR) is 126 cm³/mol. The number of sulfone groups is 1. The van der Waals surface area contributed by atoms with Crippen molar-refractivity contribution >= 4 is 21.7 Å². The summed E-state index contributed by atoms with van der Waals surface area (Å²) in [6.45, 7) is 2.25. The van der Waals surface area contributed by atoms with Crippen molar-refractivity contribution in [1.82, 2.24) is 15.1 Å². The van der Waals surface area contributed by atoms with Crippen molar-refractivity contribution in [3.05, 3.63) is 47.2 Å². The van der Waals surface area contributed by atoms with Crippen molar-refractivity contribution in [2.75, 3.05) is 44.2 Å². The molecule has 1 saturated carbocycles. The van der Waals surface area contributed by atoms with Crippen molar-refractivity contribution in [2.24, 2.45) is 0 Å². The van der Waals surface area contributed by atoms with Crippen LogP contribution in [0.4, 0.5) is 0 Å². The largest absolute Gasteiger partial charge is 0.503 e. The molecular weight excluding hydrogens is 442 g/mol. The van der Waals surface area contributed by atoms with E-state index in [0.717, 1.165) is 25.7 Å². The molecule has 0 spiro atoms. The van der Waals surface area contributed by atoms with Crippen molar-refractivity contribution in [2.45, 2.75) is 44.1 Å². The molecule has 2 N–H and O–H groups in total. The summed E-state index contributed by atoms with van der Waals surface area (Å²) in [4.78, 5) is 28.8. The third-order valence-corrected chi connectivity index (χ3v) is 8.68. The normalized spacial score (nSPS) is 25.9. The molecular formula is C24H33N3O5S. The lowest BCUT2D eigenvalue weighted by Gasteiger charge is -2.29. The molecule has 4 rings (SSSR count). The minimum atomic E-state index is -2.91. The highest BCUT2D eigenvalue weighted by Crippen LogP contribution is 2.33. The average molecular weight is 476 g/mol. The van der Waals surface area contributed by atoms with Gasteiger partial charge in [-0.3, -0.25) is 9.59 Å². The maximum atomic E-state index is 12.8. The zero-order chi connectivity index (χ0) is 23.4. The van der Waals surface area contributed by atoms with Crippen LogP contribution in [0.5, 0.6) is 0 Å². The molecule has 2 aliphatic heterocycles. The number of aliphatic hydroxyl groups excluding tert-OH is 1. The zero-order valence-corrected chi connectivity index (χ0v) is 19.7. The van der Waals surface area contributed by atoms with E-state index < -0.39 is 21.5 Å². The van der Waals surface area contributed by atoms with Gasteiger partial charge in [0.25, 0.3) is 11.8 Å². The molecule has 1 aromatic carbocycles. The van der Waals surface area contributed by atoms with Gasteiger partial charge in [0.05, 0.1) is 23.6 Å². The van der Waals surface area contributed by atoms with Crippen LogP contribution in [-0.4, -0.2) is 85.4 Å². The molecule has 8 nitrogen and oxygen atoms in total. The van der Waals surface area contributed by atoms with E-state index in [1.54, 1.807) is 0 Å². The Labute approximate surface area is 195 Å². The maximum Gasteiger partial charge on any atom is 0.289 e. The summed E-state index contributed by atoms with van der Waals surface area (Å²) in [5, 5.41) is 13.3. The highest BCUT2D eigenvalue weighted by atomic mass is 32.2. The molecule has 33 heavy (non-hydrogen) atoms. The average Bonchev–Trinajstić information content (AvgIpc) is 3.10. The molecule has 0 unspecified atom stereocenters. The number of aliphatic hydroxyl groups is 1. The zero-order valence-electron chi connectivity index (χ0n) is 18.9. The van der Waals surface area contributed by atoms with Crippen molar-refractivity contribution in [1.29, 1.82) is 0 Å². The Kier molecular flexibility index (Phi) is 7.38. The number of benzene rings is 1. The second-order valence-electron chi connectivity index (χ2n) is 9.33. The molecule has 0 radical (unpaired) electrons. The smallest absolute Gasteiger partial charge is 0.289 e. The van der Waals surface area contributed by atoms with Crippen molar-refractivity contribution in [3.63, 3.8) is 0 Å². The van der Waals surface area contributed by atoms with E-state index in [9.17, 15) is 23.1 Å². The standard InChI is InChI=1S/C24H33N3O5S/c28-22-21(17-27(24(22)30)12-4-11-26-13-15-33(31,32)16-14-26)23(29)25-20-9-7-19(8-10-20)18-5-2-1-3-6-18/h1-3,5-6,19-20,28H,4,7-17H2,(H,25,29)/t19-,20+. The minimum Gasteiger partial charge on any atom is -0.503 e. The van der Waals surface area contributed by atoms with Crippen LogP contribution in [0, 0.1) is 0 Å². The molecule has 9 heteroatoms. The Morgan fingerprint density at radius 2 is 1.70 bits per heavy atom. The van der Waals surface area contributed by atoms with Gasteiger partial charge in [-0.15, -0.1) is 0 Å². The number of rotatable bonds is 7. The number of hydrogen-bond donors (Lipinski definition) is 2. The molecule has 0 bridgehead atoms. The van der Waals surface area contributed by atoms with E-state index in [2.05, 4.69) is 34.5 Å². The van der Waals surface area contributed by atoms with Gasteiger partial charge in [-0.1, -0.05) is 30.3 Å². The lowest BCUT2D eigenvalue weighted by Crippen LogP contribution is -2.41. The lowest BCUT2D eigenvalue weighted by atomic mass is 9.82. The molecule has 2 amide bonds. The van der Waals surface area contributed by atoms with Gasteiger partial charge in [0.2, 0.25) is 0 Å². The summed E-state index contributed by atoms with van der Waals surface area (Å²) in [5.41, 5.74) is 1.49. The number of nitrogens with zero attached hydrogens (tertiary/aromatic N) is 2. The first-order valence-corrected chi connectivity index (χ1v) is 13.6. The molecule has 2 fully saturated rings. The van der Waals surface area contributed by atoms with E-state index >= 15 is 0 Å². The molecule has 1 aliphatic carbocycles.